The summed E-state index contributed by atoms with van der Waals surface area (Å²) in [4.78, 5) is 29.0. The lowest BCUT2D eigenvalue weighted by molar-refractivity contribution is 0.908. The third-order valence-electron chi connectivity index (χ3n) is 5.09. The zero-order valence-corrected chi connectivity index (χ0v) is 16.0. The van der Waals surface area contributed by atoms with Crippen molar-refractivity contribution in [2.75, 3.05) is 0 Å². The Labute approximate surface area is 170 Å². The lowest BCUT2D eigenvalue weighted by Crippen LogP contribution is -2.33. The molecule has 140 valence electrons. The van der Waals surface area contributed by atoms with Crippen molar-refractivity contribution in [2.24, 2.45) is 0 Å². The lowest BCUT2D eigenvalue weighted by atomic mass is 10.0. The Morgan fingerprint density at radius 3 is 2.38 bits per heavy atom. The molecule has 0 aliphatic rings. The van der Waals surface area contributed by atoms with E-state index in [1.807, 2.05) is 66.7 Å². The van der Waals surface area contributed by atoms with Gasteiger partial charge >= 0.3 is 5.69 Å². The van der Waals surface area contributed by atoms with Crippen LogP contribution in [0.1, 0.15) is 0 Å². The molecule has 4 aromatic carbocycles. The molecule has 0 atom stereocenters. The average molecular weight is 399 g/mol. The Kier molecular flexibility index (Phi) is 4.07. The summed E-state index contributed by atoms with van der Waals surface area (Å²) >= 11 is 6.30. The number of benzene rings is 4. The summed E-state index contributed by atoms with van der Waals surface area (Å²) in [5.41, 5.74) is 1.89. The first-order valence-electron chi connectivity index (χ1n) is 9.15. The molecule has 0 saturated heterocycles. The first-order valence-corrected chi connectivity index (χ1v) is 9.53. The molecule has 0 aliphatic heterocycles. The van der Waals surface area contributed by atoms with Gasteiger partial charge in [-0.3, -0.25) is 4.79 Å². The first-order chi connectivity index (χ1) is 14.1. The summed E-state index contributed by atoms with van der Waals surface area (Å²) in [5, 5.41) is 2.85. The van der Waals surface area contributed by atoms with Gasteiger partial charge in [-0.1, -0.05) is 72.3 Å². The van der Waals surface area contributed by atoms with Crippen molar-refractivity contribution in [3.63, 3.8) is 0 Å². The van der Waals surface area contributed by atoms with Gasteiger partial charge < -0.3 is 4.98 Å². The molecule has 0 aliphatic carbocycles. The molecular formula is C24H15ClN2O2. The Hall–Kier alpha value is -3.63. The second-order valence-electron chi connectivity index (χ2n) is 6.81. The van der Waals surface area contributed by atoms with Gasteiger partial charge in [-0.15, -0.1) is 0 Å². The minimum atomic E-state index is -0.477. The lowest BCUT2D eigenvalue weighted by Gasteiger charge is -2.11. The van der Waals surface area contributed by atoms with E-state index < -0.39 is 5.69 Å². The predicted molar refractivity (Wildman–Crippen MR) is 118 cm³/mol. The quantitative estimate of drug-likeness (QED) is 0.447. The molecule has 1 heterocycles. The molecule has 5 heteroatoms. The maximum atomic E-state index is 13.2. The number of rotatable bonds is 2. The fourth-order valence-corrected chi connectivity index (χ4v) is 3.95. The van der Waals surface area contributed by atoms with E-state index in [1.54, 1.807) is 18.2 Å². The number of hydrogen-bond donors (Lipinski definition) is 1. The second kappa shape index (κ2) is 6.76. The molecule has 1 N–H and O–H groups in total. The Morgan fingerprint density at radius 1 is 0.759 bits per heavy atom. The summed E-state index contributed by atoms with van der Waals surface area (Å²) in [6.45, 7) is 0. The van der Waals surface area contributed by atoms with Crippen LogP contribution in [0.3, 0.4) is 0 Å². The van der Waals surface area contributed by atoms with E-state index in [1.165, 1.54) is 4.57 Å². The van der Waals surface area contributed by atoms with Gasteiger partial charge in [-0.25, -0.2) is 9.36 Å². The minimum Gasteiger partial charge on any atom is -0.306 e. The van der Waals surface area contributed by atoms with Crippen molar-refractivity contribution in [1.29, 1.82) is 0 Å². The van der Waals surface area contributed by atoms with Crippen LogP contribution in [0.2, 0.25) is 5.02 Å². The highest BCUT2D eigenvalue weighted by Crippen LogP contribution is 2.29. The number of H-pyrrole nitrogens is 1. The van der Waals surface area contributed by atoms with Gasteiger partial charge in [0.25, 0.3) is 5.56 Å². The van der Waals surface area contributed by atoms with E-state index in [0.717, 1.165) is 21.9 Å². The van der Waals surface area contributed by atoms with Crippen LogP contribution in [0, 0.1) is 0 Å². The van der Waals surface area contributed by atoms with E-state index in [2.05, 4.69) is 4.98 Å². The molecule has 5 rings (SSSR count). The molecule has 0 fully saturated rings. The van der Waals surface area contributed by atoms with E-state index in [4.69, 9.17) is 11.6 Å². The maximum Gasteiger partial charge on any atom is 0.333 e. The summed E-state index contributed by atoms with van der Waals surface area (Å²) in [6.07, 6.45) is 0. The third kappa shape index (κ3) is 2.85. The van der Waals surface area contributed by atoms with Crippen molar-refractivity contribution in [3.8, 4) is 16.8 Å². The van der Waals surface area contributed by atoms with Gasteiger partial charge in [0.2, 0.25) is 0 Å². The SMILES string of the molecule is O=c1[nH]c2cc(-c3ccccc3Cl)ccc2c(=O)n1-c1cccc2ccccc12. The molecule has 0 radical (unpaired) electrons. The zero-order chi connectivity index (χ0) is 20.0. The molecule has 29 heavy (non-hydrogen) atoms. The Balaban J connectivity index is 1.78. The van der Waals surface area contributed by atoms with Gasteiger partial charge in [0, 0.05) is 16.0 Å². The second-order valence-corrected chi connectivity index (χ2v) is 7.22. The smallest absolute Gasteiger partial charge is 0.306 e. The normalized spacial score (nSPS) is 11.2. The molecule has 0 spiro atoms. The monoisotopic (exact) mass is 398 g/mol. The van der Waals surface area contributed by atoms with Crippen molar-refractivity contribution < 1.29 is 0 Å². The highest BCUT2D eigenvalue weighted by atomic mass is 35.5. The average Bonchev–Trinajstić information content (AvgIpc) is 2.74. The number of halogens is 1. The van der Waals surface area contributed by atoms with Gasteiger partial charge in [-0.05, 0) is 35.2 Å². The topological polar surface area (TPSA) is 54.9 Å². The molecule has 0 saturated carbocycles. The Morgan fingerprint density at radius 2 is 1.52 bits per heavy atom. The van der Waals surface area contributed by atoms with Crippen LogP contribution in [-0.4, -0.2) is 9.55 Å². The van der Waals surface area contributed by atoms with Crippen LogP contribution < -0.4 is 11.2 Å². The van der Waals surface area contributed by atoms with Gasteiger partial charge in [0.05, 0.1) is 16.6 Å². The molecule has 4 nitrogen and oxygen atoms in total. The number of fused-ring (bicyclic) bond motifs is 2. The van der Waals surface area contributed by atoms with Crippen molar-refractivity contribution >= 4 is 33.3 Å². The fourth-order valence-electron chi connectivity index (χ4n) is 3.70. The van der Waals surface area contributed by atoms with Gasteiger partial charge in [0.1, 0.15) is 0 Å². The van der Waals surface area contributed by atoms with E-state index in [-0.39, 0.29) is 5.56 Å². The van der Waals surface area contributed by atoms with Gasteiger partial charge in [0.15, 0.2) is 0 Å². The number of aromatic amines is 1. The molecule has 0 unspecified atom stereocenters. The summed E-state index contributed by atoms with van der Waals surface area (Å²) < 4.78 is 1.19. The van der Waals surface area contributed by atoms with Crippen molar-refractivity contribution in [1.82, 2.24) is 9.55 Å². The number of aromatic nitrogens is 2. The summed E-state index contributed by atoms with van der Waals surface area (Å²) in [6, 6.07) is 26.1. The first kappa shape index (κ1) is 17.5. The predicted octanol–water partition coefficient (Wildman–Crippen LogP) is 5.15. The third-order valence-corrected chi connectivity index (χ3v) is 5.42. The molecule has 5 aromatic rings. The highest BCUT2D eigenvalue weighted by molar-refractivity contribution is 6.33. The summed E-state index contributed by atoms with van der Waals surface area (Å²) in [5.74, 6) is 0. The van der Waals surface area contributed by atoms with Crippen LogP contribution in [0.4, 0.5) is 0 Å². The number of nitrogens with one attached hydrogen (secondary N) is 1. The zero-order valence-electron chi connectivity index (χ0n) is 15.2. The number of nitrogens with zero attached hydrogens (tertiary/aromatic N) is 1. The molecule has 0 amide bonds. The Bertz CT molecular complexity index is 1510. The molecular weight excluding hydrogens is 384 g/mol. The molecule has 0 bridgehead atoms. The van der Waals surface area contributed by atoms with E-state index in [9.17, 15) is 9.59 Å². The maximum absolute atomic E-state index is 13.2. The van der Waals surface area contributed by atoms with E-state index in [0.29, 0.717) is 21.6 Å². The standard InChI is InChI=1S/C24H15ClN2O2/c25-20-10-4-3-8-17(20)16-12-13-19-21(14-16)26-24(29)27(23(19)28)22-11-5-7-15-6-1-2-9-18(15)22/h1-14H,(H,26,29). The van der Waals surface area contributed by atoms with E-state index >= 15 is 0 Å². The fraction of sp³-hybridized carbons (Fsp3) is 0. The van der Waals surface area contributed by atoms with Crippen LogP contribution >= 0.6 is 11.6 Å². The van der Waals surface area contributed by atoms with Gasteiger partial charge in [-0.2, -0.15) is 0 Å². The van der Waals surface area contributed by atoms with Crippen LogP contribution in [0.15, 0.2) is 94.5 Å². The largest absolute Gasteiger partial charge is 0.333 e. The van der Waals surface area contributed by atoms with Crippen molar-refractivity contribution in [3.05, 3.63) is 111 Å². The van der Waals surface area contributed by atoms with Crippen LogP contribution in [0.25, 0.3) is 38.5 Å². The molecule has 1 aromatic heterocycles. The van der Waals surface area contributed by atoms with Crippen LogP contribution in [0.5, 0.6) is 0 Å². The van der Waals surface area contributed by atoms with Crippen LogP contribution in [-0.2, 0) is 0 Å². The van der Waals surface area contributed by atoms with Crippen molar-refractivity contribution in [2.45, 2.75) is 0 Å². The highest BCUT2D eigenvalue weighted by Gasteiger charge is 2.13. The minimum absolute atomic E-state index is 0.356. The number of hydrogen-bond acceptors (Lipinski definition) is 2. The summed E-state index contributed by atoms with van der Waals surface area (Å²) in [7, 11) is 0.